The Balaban J connectivity index is 2.97. The van der Waals surface area contributed by atoms with Crippen molar-refractivity contribution in [2.45, 2.75) is 32.2 Å². The van der Waals surface area contributed by atoms with Crippen molar-refractivity contribution in [3.8, 4) is 0 Å². The molecule has 0 amide bonds. The maximum atomic E-state index is 13.3. The van der Waals surface area contributed by atoms with Crippen LogP contribution in [0.1, 0.15) is 26.7 Å². The molecule has 3 nitrogen and oxygen atoms in total. The van der Waals surface area contributed by atoms with Gasteiger partial charge in [0.25, 0.3) is 5.95 Å². The Kier molecular flexibility index (Phi) is 4.34. The minimum atomic E-state index is -1.35. The number of aliphatic hydroxyl groups excluding tert-OH is 1. The summed E-state index contributed by atoms with van der Waals surface area (Å²) >= 11 is 0. The molecular weight excluding hydrogens is 233 g/mol. The van der Waals surface area contributed by atoms with Gasteiger partial charge in [-0.1, -0.05) is 6.92 Å². The summed E-state index contributed by atoms with van der Waals surface area (Å²) in [6.07, 6.45) is 0.928. The first-order valence-electron chi connectivity index (χ1n) is 5.32. The molecule has 0 aliphatic heterocycles. The van der Waals surface area contributed by atoms with Crippen LogP contribution in [0.2, 0.25) is 0 Å². The first-order valence-corrected chi connectivity index (χ1v) is 5.32. The quantitative estimate of drug-likeness (QED) is 0.787. The molecule has 2 N–H and O–H groups in total. The molecule has 96 valence electrons. The van der Waals surface area contributed by atoms with Crippen molar-refractivity contribution in [2.75, 3.05) is 11.9 Å². The molecule has 1 aromatic heterocycles. The summed E-state index contributed by atoms with van der Waals surface area (Å²) in [6.45, 7) is 3.48. The van der Waals surface area contributed by atoms with Gasteiger partial charge in [0.05, 0.1) is 0 Å². The SMILES string of the molecule is CCC(C)(CCO)Nc1nc(F)c(F)cc1F. The van der Waals surface area contributed by atoms with Gasteiger partial charge in [0.15, 0.2) is 17.5 Å². The molecule has 0 aliphatic rings. The predicted octanol–water partition coefficient (Wildman–Crippen LogP) is 2.46. The number of anilines is 1. The number of rotatable bonds is 5. The fourth-order valence-corrected chi connectivity index (χ4v) is 1.39. The second-order valence-electron chi connectivity index (χ2n) is 4.10. The fourth-order valence-electron chi connectivity index (χ4n) is 1.39. The third-order valence-electron chi connectivity index (χ3n) is 2.75. The van der Waals surface area contributed by atoms with Crippen LogP contribution >= 0.6 is 0 Å². The van der Waals surface area contributed by atoms with Gasteiger partial charge < -0.3 is 10.4 Å². The molecule has 1 aromatic rings. The Morgan fingerprint density at radius 2 is 2.00 bits per heavy atom. The van der Waals surface area contributed by atoms with E-state index >= 15 is 0 Å². The van der Waals surface area contributed by atoms with Gasteiger partial charge in [0, 0.05) is 18.2 Å². The minimum Gasteiger partial charge on any atom is -0.396 e. The Hall–Kier alpha value is -1.30. The van der Waals surface area contributed by atoms with E-state index in [4.69, 9.17) is 5.11 Å². The van der Waals surface area contributed by atoms with Crippen molar-refractivity contribution in [3.63, 3.8) is 0 Å². The third kappa shape index (κ3) is 3.33. The summed E-state index contributed by atoms with van der Waals surface area (Å²) in [5.74, 6) is -3.98. The smallest absolute Gasteiger partial charge is 0.251 e. The van der Waals surface area contributed by atoms with Gasteiger partial charge in [-0.05, 0) is 19.8 Å². The predicted molar refractivity (Wildman–Crippen MR) is 58.1 cm³/mol. The van der Waals surface area contributed by atoms with Crippen LogP contribution in [0.15, 0.2) is 6.07 Å². The number of aromatic nitrogens is 1. The van der Waals surface area contributed by atoms with Crippen LogP contribution in [0.5, 0.6) is 0 Å². The van der Waals surface area contributed by atoms with Crippen molar-refractivity contribution in [1.82, 2.24) is 4.98 Å². The lowest BCUT2D eigenvalue weighted by molar-refractivity contribution is 0.251. The van der Waals surface area contributed by atoms with Crippen molar-refractivity contribution in [1.29, 1.82) is 0 Å². The highest BCUT2D eigenvalue weighted by Crippen LogP contribution is 2.23. The Bertz CT molecular complexity index is 401. The molecule has 1 atom stereocenters. The van der Waals surface area contributed by atoms with Gasteiger partial charge in [-0.3, -0.25) is 0 Å². The zero-order chi connectivity index (χ0) is 13.1. The normalized spacial score (nSPS) is 14.5. The lowest BCUT2D eigenvalue weighted by atomic mass is 9.95. The summed E-state index contributed by atoms with van der Waals surface area (Å²) in [5.41, 5.74) is -0.618. The van der Waals surface area contributed by atoms with Gasteiger partial charge >= 0.3 is 0 Å². The van der Waals surface area contributed by atoms with Gasteiger partial charge in [0.2, 0.25) is 0 Å². The van der Waals surface area contributed by atoms with E-state index in [-0.39, 0.29) is 12.4 Å². The Morgan fingerprint density at radius 3 is 2.53 bits per heavy atom. The zero-order valence-electron chi connectivity index (χ0n) is 9.73. The Morgan fingerprint density at radius 1 is 1.35 bits per heavy atom. The van der Waals surface area contributed by atoms with E-state index < -0.39 is 23.1 Å². The average Bonchev–Trinajstić information content (AvgIpc) is 2.26. The van der Waals surface area contributed by atoms with Crippen LogP contribution in [0.3, 0.4) is 0 Å². The standard InChI is InChI=1S/C11H15F3N2O/c1-3-11(2,4-5-17)16-10-8(13)6-7(12)9(14)15-10/h6,17H,3-5H2,1-2H3,(H,15,16). The van der Waals surface area contributed by atoms with Crippen LogP contribution in [-0.2, 0) is 0 Å². The van der Waals surface area contributed by atoms with Crippen LogP contribution in [0.4, 0.5) is 19.0 Å². The number of halogens is 3. The number of hydrogen-bond acceptors (Lipinski definition) is 3. The highest BCUT2D eigenvalue weighted by Gasteiger charge is 2.24. The molecule has 0 bridgehead atoms. The van der Waals surface area contributed by atoms with E-state index in [2.05, 4.69) is 10.3 Å². The van der Waals surface area contributed by atoms with E-state index in [0.717, 1.165) is 0 Å². The molecule has 0 saturated carbocycles. The largest absolute Gasteiger partial charge is 0.396 e. The van der Waals surface area contributed by atoms with E-state index in [1.165, 1.54) is 0 Å². The summed E-state index contributed by atoms with van der Waals surface area (Å²) in [6, 6.07) is 0.444. The van der Waals surface area contributed by atoms with E-state index in [9.17, 15) is 13.2 Å². The molecule has 17 heavy (non-hydrogen) atoms. The lowest BCUT2D eigenvalue weighted by Gasteiger charge is -2.29. The van der Waals surface area contributed by atoms with E-state index in [1.807, 2.05) is 6.92 Å². The second kappa shape index (κ2) is 5.35. The number of hydrogen-bond donors (Lipinski definition) is 2. The molecule has 0 saturated heterocycles. The molecule has 1 rings (SSSR count). The number of pyridine rings is 1. The maximum Gasteiger partial charge on any atom is 0.251 e. The molecule has 0 aliphatic carbocycles. The van der Waals surface area contributed by atoms with Crippen LogP contribution in [0.25, 0.3) is 0 Å². The maximum absolute atomic E-state index is 13.3. The zero-order valence-corrected chi connectivity index (χ0v) is 9.73. The minimum absolute atomic E-state index is 0.0946. The molecular formula is C11H15F3N2O. The topological polar surface area (TPSA) is 45.1 Å². The van der Waals surface area contributed by atoms with Crippen molar-refractivity contribution < 1.29 is 18.3 Å². The number of aliphatic hydroxyl groups is 1. The molecule has 0 spiro atoms. The van der Waals surface area contributed by atoms with Crippen LogP contribution in [-0.4, -0.2) is 22.2 Å². The van der Waals surface area contributed by atoms with Gasteiger partial charge in [-0.15, -0.1) is 0 Å². The van der Waals surface area contributed by atoms with E-state index in [0.29, 0.717) is 18.9 Å². The van der Waals surface area contributed by atoms with Crippen molar-refractivity contribution in [3.05, 3.63) is 23.6 Å². The number of nitrogens with one attached hydrogen (secondary N) is 1. The Labute approximate surface area is 97.7 Å². The van der Waals surface area contributed by atoms with Crippen molar-refractivity contribution >= 4 is 5.82 Å². The summed E-state index contributed by atoms with van der Waals surface area (Å²) < 4.78 is 38.9. The lowest BCUT2D eigenvalue weighted by Crippen LogP contribution is -2.36. The molecule has 1 unspecified atom stereocenters. The van der Waals surface area contributed by atoms with Gasteiger partial charge in [-0.2, -0.15) is 9.37 Å². The first-order chi connectivity index (χ1) is 7.91. The highest BCUT2D eigenvalue weighted by atomic mass is 19.2. The highest BCUT2D eigenvalue weighted by molar-refractivity contribution is 5.39. The van der Waals surface area contributed by atoms with Crippen LogP contribution in [0, 0.1) is 17.6 Å². The molecule has 1 heterocycles. The molecule has 0 aromatic carbocycles. The second-order valence-corrected chi connectivity index (χ2v) is 4.10. The monoisotopic (exact) mass is 248 g/mol. The van der Waals surface area contributed by atoms with Gasteiger partial charge in [-0.25, -0.2) is 8.78 Å². The van der Waals surface area contributed by atoms with Gasteiger partial charge in [0.1, 0.15) is 0 Å². The third-order valence-corrected chi connectivity index (χ3v) is 2.75. The fraction of sp³-hybridized carbons (Fsp3) is 0.545. The molecule has 6 heteroatoms. The van der Waals surface area contributed by atoms with Crippen molar-refractivity contribution in [2.24, 2.45) is 0 Å². The number of nitrogens with zero attached hydrogens (tertiary/aromatic N) is 1. The summed E-state index contributed by atoms with van der Waals surface area (Å²) in [4.78, 5) is 3.18. The molecule has 0 fully saturated rings. The van der Waals surface area contributed by atoms with Crippen LogP contribution < -0.4 is 5.32 Å². The first kappa shape index (κ1) is 13.8. The summed E-state index contributed by atoms with van der Waals surface area (Å²) in [7, 11) is 0. The summed E-state index contributed by atoms with van der Waals surface area (Å²) in [5, 5.41) is 11.6. The average molecular weight is 248 g/mol. The molecule has 0 radical (unpaired) electrons. The van der Waals surface area contributed by atoms with E-state index in [1.54, 1.807) is 6.92 Å².